The molecule has 0 bridgehead atoms. The Labute approximate surface area is 95.3 Å². The molecule has 0 rings (SSSR count). The zero-order valence-electron chi connectivity index (χ0n) is 9.82. The van der Waals surface area contributed by atoms with Gasteiger partial charge in [-0.3, -0.25) is 0 Å². The van der Waals surface area contributed by atoms with Gasteiger partial charge in [-0.05, 0) is 12.8 Å². The van der Waals surface area contributed by atoms with Gasteiger partial charge in [0.2, 0.25) is 0 Å². The number of amides is 2. The van der Waals surface area contributed by atoms with Crippen molar-refractivity contribution < 1.29 is 19.1 Å². The van der Waals surface area contributed by atoms with Crippen molar-refractivity contribution in [3.63, 3.8) is 0 Å². The van der Waals surface area contributed by atoms with Gasteiger partial charge in [-0.25, -0.2) is 9.59 Å². The molecular weight excluding hydrogens is 212 g/mol. The van der Waals surface area contributed by atoms with Crippen LogP contribution in [0.25, 0.3) is 0 Å². The molecule has 6 heteroatoms. The number of carbonyl (C=O) groups excluding carboxylic acids is 2. The summed E-state index contributed by atoms with van der Waals surface area (Å²) < 4.78 is 9.58. The Hall–Kier alpha value is -1.46. The van der Waals surface area contributed by atoms with Crippen LogP contribution in [0.2, 0.25) is 0 Å². The standard InChI is InChI=1S/C10H20N2O4/c1-3-5-10(4-2,6-15-8(11)13)7-16-9(12)14/h3-7H2,1-2H3,(H2,11,13)(H2,12,14). The van der Waals surface area contributed by atoms with Crippen LogP contribution in [0, 0.1) is 5.41 Å². The van der Waals surface area contributed by atoms with E-state index < -0.39 is 17.6 Å². The monoisotopic (exact) mass is 232 g/mol. The number of hydrogen-bond acceptors (Lipinski definition) is 4. The van der Waals surface area contributed by atoms with E-state index in [4.69, 9.17) is 20.9 Å². The Morgan fingerprint density at radius 2 is 1.50 bits per heavy atom. The maximum atomic E-state index is 10.6. The Kier molecular flexibility index (Phi) is 6.29. The van der Waals surface area contributed by atoms with E-state index in [0.29, 0.717) is 6.42 Å². The molecule has 4 N–H and O–H groups in total. The highest BCUT2D eigenvalue weighted by Crippen LogP contribution is 2.29. The molecule has 0 aromatic carbocycles. The fourth-order valence-corrected chi connectivity index (χ4v) is 1.55. The van der Waals surface area contributed by atoms with Gasteiger partial charge in [0, 0.05) is 5.41 Å². The first-order valence-electron chi connectivity index (χ1n) is 5.30. The quantitative estimate of drug-likeness (QED) is 0.691. The Morgan fingerprint density at radius 1 is 1.06 bits per heavy atom. The minimum atomic E-state index is -0.826. The van der Waals surface area contributed by atoms with Crippen molar-refractivity contribution in [2.45, 2.75) is 33.1 Å². The molecule has 6 nitrogen and oxygen atoms in total. The predicted molar refractivity (Wildman–Crippen MR) is 58.7 cm³/mol. The zero-order valence-corrected chi connectivity index (χ0v) is 9.82. The van der Waals surface area contributed by atoms with Gasteiger partial charge in [0.05, 0.1) is 0 Å². The SMILES string of the molecule is CCCC(CC)(COC(N)=O)COC(N)=O. The van der Waals surface area contributed by atoms with E-state index in [9.17, 15) is 9.59 Å². The van der Waals surface area contributed by atoms with Crippen molar-refractivity contribution >= 4 is 12.2 Å². The fraction of sp³-hybridized carbons (Fsp3) is 0.800. The molecule has 0 atom stereocenters. The summed E-state index contributed by atoms with van der Waals surface area (Å²) in [6.45, 7) is 4.21. The first kappa shape index (κ1) is 14.5. The third-order valence-corrected chi connectivity index (χ3v) is 2.57. The smallest absolute Gasteiger partial charge is 0.404 e. The summed E-state index contributed by atoms with van der Waals surface area (Å²) in [5, 5.41) is 0. The van der Waals surface area contributed by atoms with Gasteiger partial charge in [-0.15, -0.1) is 0 Å². The van der Waals surface area contributed by atoms with E-state index >= 15 is 0 Å². The highest BCUT2D eigenvalue weighted by molar-refractivity contribution is 5.65. The average molecular weight is 232 g/mol. The van der Waals surface area contributed by atoms with Crippen molar-refractivity contribution in [1.29, 1.82) is 0 Å². The molecule has 0 saturated carbocycles. The minimum absolute atomic E-state index is 0.139. The molecule has 2 amide bonds. The van der Waals surface area contributed by atoms with Gasteiger partial charge >= 0.3 is 12.2 Å². The van der Waals surface area contributed by atoms with Gasteiger partial charge in [0.25, 0.3) is 0 Å². The van der Waals surface area contributed by atoms with Crippen LogP contribution in [0.15, 0.2) is 0 Å². The van der Waals surface area contributed by atoms with Crippen LogP contribution >= 0.6 is 0 Å². The Morgan fingerprint density at radius 3 is 1.75 bits per heavy atom. The van der Waals surface area contributed by atoms with Crippen LogP contribution in [0.3, 0.4) is 0 Å². The lowest BCUT2D eigenvalue weighted by molar-refractivity contribution is 0.0225. The third kappa shape index (κ3) is 5.43. The van der Waals surface area contributed by atoms with Crippen molar-refractivity contribution in [2.75, 3.05) is 13.2 Å². The van der Waals surface area contributed by atoms with Gasteiger partial charge in [-0.2, -0.15) is 0 Å². The number of carbonyl (C=O) groups is 2. The van der Waals surface area contributed by atoms with E-state index in [0.717, 1.165) is 12.8 Å². The summed E-state index contributed by atoms with van der Waals surface area (Å²) in [5.74, 6) is 0. The normalized spacial score (nSPS) is 10.9. The van der Waals surface area contributed by atoms with E-state index in [-0.39, 0.29) is 13.2 Å². The minimum Gasteiger partial charge on any atom is -0.449 e. The van der Waals surface area contributed by atoms with Crippen LogP contribution < -0.4 is 11.5 Å². The molecule has 16 heavy (non-hydrogen) atoms. The number of hydrogen-bond donors (Lipinski definition) is 2. The van der Waals surface area contributed by atoms with Gasteiger partial charge in [0.15, 0.2) is 0 Å². The number of ether oxygens (including phenoxy) is 2. The first-order chi connectivity index (χ1) is 7.45. The van der Waals surface area contributed by atoms with Crippen molar-refractivity contribution in [1.82, 2.24) is 0 Å². The number of nitrogens with two attached hydrogens (primary N) is 2. The second-order valence-corrected chi connectivity index (χ2v) is 3.82. The molecule has 0 unspecified atom stereocenters. The topological polar surface area (TPSA) is 105 Å². The molecule has 0 heterocycles. The second-order valence-electron chi connectivity index (χ2n) is 3.82. The summed E-state index contributed by atoms with van der Waals surface area (Å²) in [6, 6.07) is 0. The van der Waals surface area contributed by atoms with Gasteiger partial charge < -0.3 is 20.9 Å². The van der Waals surface area contributed by atoms with Crippen molar-refractivity contribution in [2.24, 2.45) is 16.9 Å². The number of primary amides is 2. The molecule has 0 spiro atoms. The highest BCUT2D eigenvalue weighted by Gasteiger charge is 2.30. The van der Waals surface area contributed by atoms with Crippen molar-refractivity contribution in [3.8, 4) is 0 Å². The second kappa shape index (κ2) is 6.92. The lowest BCUT2D eigenvalue weighted by Crippen LogP contribution is -2.35. The molecule has 0 aliphatic rings. The molecule has 94 valence electrons. The van der Waals surface area contributed by atoms with Gasteiger partial charge in [0.1, 0.15) is 13.2 Å². The van der Waals surface area contributed by atoms with Crippen LogP contribution in [0.4, 0.5) is 9.59 Å². The number of rotatable bonds is 7. The highest BCUT2D eigenvalue weighted by atomic mass is 16.6. The fourth-order valence-electron chi connectivity index (χ4n) is 1.55. The maximum Gasteiger partial charge on any atom is 0.404 e. The largest absolute Gasteiger partial charge is 0.449 e. The van der Waals surface area contributed by atoms with Crippen LogP contribution in [-0.4, -0.2) is 25.4 Å². The van der Waals surface area contributed by atoms with E-state index in [1.165, 1.54) is 0 Å². The predicted octanol–water partition coefficient (Wildman–Crippen LogP) is 1.37. The Balaban J connectivity index is 4.42. The summed E-state index contributed by atoms with van der Waals surface area (Å²) in [7, 11) is 0. The third-order valence-electron chi connectivity index (χ3n) is 2.57. The summed E-state index contributed by atoms with van der Waals surface area (Å²) in [4.78, 5) is 21.1. The molecular formula is C10H20N2O4. The van der Waals surface area contributed by atoms with Crippen LogP contribution in [0.5, 0.6) is 0 Å². The lowest BCUT2D eigenvalue weighted by Gasteiger charge is -2.30. The maximum absolute atomic E-state index is 10.6. The summed E-state index contributed by atoms with van der Waals surface area (Å²) >= 11 is 0. The van der Waals surface area contributed by atoms with Crippen LogP contribution in [-0.2, 0) is 9.47 Å². The molecule has 0 fully saturated rings. The van der Waals surface area contributed by atoms with Gasteiger partial charge in [-0.1, -0.05) is 20.3 Å². The molecule has 0 aromatic heterocycles. The van der Waals surface area contributed by atoms with Crippen LogP contribution in [0.1, 0.15) is 33.1 Å². The van der Waals surface area contributed by atoms with E-state index in [1.54, 1.807) is 0 Å². The summed E-state index contributed by atoms with van der Waals surface area (Å²) in [5.41, 5.74) is 9.44. The molecule has 0 radical (unpaired) electrons. The molecule has 0 aromatic rings. The molecule has 0 aliphatic heterocycles. The molecule has 0 saturated heterocycles. The van der Waals surface area contributed by atoms with E-state index in [2.05, 4.69) is 0 Å². The lowest BCUT2D eigenvalue weighted by atomic mass is 9.82. The van der Waals surface area contributed by atoms with Crippen molar-refractivity contribution in [3.05, 3.63) is 0 Å². The summed E-state index contributed by atoms with van der Waals surface area (Å²) in [6.07, 6.45) is 0.713. The van der Waals surface area contributed by atoms with E-state index in [1.807, 2.05) is 13.8 Å². The zero-order chi connectivity index (χ0) is 12.6. The first-order valence-corrected chi connectivity index (χ1v) is 5.30. The molecule has 0 aliphatic carbocycles. The Bertz CT molecular complexity index is 225. The average Bonchev–Trinajstić information content (AvgIpc) is 2.22.